The van der Waals surface area contributed by atoms with E-state index in [-0.39, 0.29) is 0 Å². The quantitative estimate of drug-likeness (QED) is 0.104. The van der Waals surface area contributed by atoms with Crippen LogP contribution in [0.3, 0.4) is 0 Å². The van der Waals surface area contributed by atoms with Gasteiger partial charge in [-0.3, -0.25) is 0 Å². The summed E-state index contributed by atoms with van der Waals surface area (Å²) in [5.74, 6) is 0. The summed E-state index contributed by atoms with van der Waals surface area (Å²) in [6.45, 7) is 0. The number of rotatable bonds is 9. The second-order valence-corrected chi connectivity index (χ2v) is 23.8. The molecule has 15 aromatic rings. The Bertz CT molecular complexity index is 4580. The summed E-state index contributed by atoms with van der Waals surface area (Å²) < 4.78 is 11.9. The zero-order valence-electron chi connectivity index (χ0n) is 41.5. The zero-order valence-corrected chi connectivity index (χ0v) is 42.5. The molecular formula is C72H48N2OSi. The Morgan fingerprint density at radius 2 is 0.750 bits per heavy atom. The molecule has 76 heavy (non-hydrogen) atoms. The molecule has 3 aromatic heterocycles. The minimum Gasteiger partial charge on any atom is -0.455 e. The van der Waals surface area contributed by atoms with Crippen LogP contribution in [0.4, 0.5) is 0 Å². The maximum atomic E-state index is 7.01. The summed E-state index contributed by atoms with van der Waals surface area (Å²) >= 11 is 0. The smallest absolute Gasteiger partial charge is 0.179 e. The number of para-hydroxylation sites is 3. The predicted octanol–water partition coefficient (Wildman–Crippen LogP) is 16.2. The van der Waals surface area contributed by atoms with Crippen LogP contribution in [-0.2, 0) is 0 Å². The fourth-order valence-corrected chi connectivity index (χ4v) is 17.3. The van der Waals surface area contributed by atoms with Crippen LogP contribution in [0.15, 0.2) is 296 Å². The van der Waals surface area contributed by atoms with E-state index in [9.17, 15) is 0 Å². The van der Waals surface area contributed by atoms with E-state index >= 15 is 0 Å². The molecular weight excluding hydrogens is 937 g/mol. The van der Waals surface area contributed by atoms with Crippen LogP contribution >= 0.6 is 0 Å². The Morgan fingerprint density at radius 3 is 1.46 bits per heavy atom. The molecule has 0 aliphatic carbocycles. The second-order valence-electron chi connectivity index (χ2n) is 19.9. The first kappa shape index (κ1) is 43.8. The summed E-state index contributed by atoms with van der Waals surface area (Å²) in [4.78, 5) is 0. The van der Waals surface area contributed by atoms with E-state index in [1.807, 2.05) is 0 Å². The Labute approximate surface area is 441 Å². The van der Waals surface area contributed by atoms with E-state index in [2.05, 4.69) is 300 Å². The molecule has 0 atom stereocenters. The summed E-state index contributed by atoms with van der Waals surface area (Å²) in [6, 6.07) is 107. The van der Waals surface area contributed by atoms with Gasteiger partial charge < -0.3 is 13.6 Å². The van der Waals surface area contributed by atoms with Crippen molar-refractivity contribution in [2.45, 2.75) is 0 Å². The molecule has 356 valence electrons. The molecule has 0 saturated heterocycles. The lowest BCUT2D eigenvalue weighted by atomic mass is 9.95. The van der Waals surface area contributed by atoms with Crippen molar-refractivity contribution in [2.75, 3.05) is 0 Å². The van der Waals surface area contributed by atoms with E-state index in [1.165, 1.54) is 64.5 Å². The van der Waals surface area contributed by atoms with Crippen molar-refractivity contribution in [1.82, 2.24) is 9.13 Å². The van der Waals surface area contributed by atoms with Crippen LogP contribution in [-0.4, -0.2) is 17.2 Å². The molecule has 0 bridgehead atoms. The zero-order chi connectivity index (χ0) is 50.2. The van der Waals surface area contributed by atoms with Gasteiger partial charge in [0.15, 0.2) is 8.07 Å². The first-order valence-electron chi connectivity index (χ1n) is 26.2. The van der Waals surface area contributed by atoms with Crippen molar-refractivity contribution >= 4 is 94.4 Å². The molecule has 0 aliphatic heterocycles. The number of benzene rings is 12. The average Bonchev–Trinajstić information content (AvgIpc) is 4.26. The lowest BCUT2D eigenvalue weighted by Gasteiger charge is -2.34. The summed E-state index contributed by atoms with van der Waals surface area (Å²) in [6.07, 6.45) is 0. The van der Waals surface area contributed by atoms with Crippen LogP contribution in [0.2, 0.25) is 0 Å². The van der Waals surface area contributed by atoms with E-state index in [1.54, 1.807) is 0 Å². The van der Waals surface area contributed by atoms with E-state index < -0.39 is 8.07 Å². The lowest BCUT2D eigenvalue weighted by Crippen LogP contribution is -2.74. The third kappa shape index (κ3) is 6.81. The predicted molar refractivity (Wildman–Crippen MR) is 322 cm³/mol. The Hall–Kier alpha value is -9.74. The molecule has 0 aliphatic rings. The minimum atomic E-state index is -2.89. The van der Waals surface area contributed by atoms with Crippen LogP contribution in [0.5, 0.6) is 0 Å². The van der Waals surface area contributed by atoms with Crippen molar-refractivity contribution in [2.24, 2.45) is 0 Å². The van der Waals surface area contributed by atoms with Crippen molar-refractivity contribution in [3.63, 3.8) is 0 Å². The highest BCUT2D eigenvalue weighted by Gasteiger charge is 2.41. The average molecular weight is 985 g/mol. The number of furan rings is 1. The first-order valence-corrected chi connectivity index (χ1v) is 28.2. The molecule has 0 fully saturated rings. The molecule has 0 amide bonds. The molecule has 3 nitrogen and oxygen atoms in total. The van der Waals surface area contributed by atoms with Crippen molar-refractivity contribution in [1.29, 1.82) is 0 Å². The summed E-state index contributed by atoms with van der Waals surface area (Å²) in [7, 11) is -2.89. The molecule has 0 spiro atoms. The highest BCUT2D eigenvalue weighted by Crippen LogP contribution is 2.43. The van der Waals surface area contributed by atoms with Crippen LogP contribution in [0.1, 0.15) is 0 Å². The summed E-state index contributed by atoms with van der Waals surface area (Å²) in [5.41, 5.74) is 15.6. The van der Waals surface area contributed by atoms with Gasteiger partial charge in [0.1, 0.15) is 11.2 Å². The van der Waals surface area contributed by atoms with Gasteiger partial charge in [-0.05, 0) is 115 Å². The van der Waals surface area contributed by atoms with Crippen molar-refractivity contribution in [3.8, 4) is 44.8 Å². The standard InChI is InChI=1S/C72H48N2OSi/c1-6-21-49(22-7-1)50-23-18-24-51(45-50)59-34-20-38-70-71(59)62-36-19-35-60(72(62)75-70)52-39-42-67-63(46-52)65-48-58(76(55-27-10-3-11-28-55,56-29-12-4-13-30-56)57-31-14-5-15-32-57)41-44-69(65)74(67)54-40-43-68-64(47-54)61-33-16-17-37-66(61)73(68)53-25-8-2-9-26-53/h1-48H. The fraction of sp³-hybridized carbons (Fsp3) is 0. The van der Waals surface area contributed by atoms with Gasteiger partial charge in [-0.2, -0.15) is 0 Å². The van der Waals surface area contributed by atoms with Crippen LogP contribution in [0.25, 0.3) is 110 Å². The third-order valence-electron chi connectivity index (χ3n) is 15.9. The highest BCUT2D eigenvalue weighted by molar-refractivity contribution is 7.20. The van der Waals surface area contributed by atoms with Gasteiger partial charge in [-0.15, -0.1) is 0 Å². The molecule has 0 N–H and O–H groups in total. The van der Waals surface area contributed by atoms with Gasteiger partial charge in [-0.25, -0.2) is 0 Å². The molecule has 12 aromatic carbocycles. The van der Waals surface area contributed by atoms with E-state index in [0.717, 1.165) is 66.6 Å². The Morgan fingerprint density at radius 1 is 0.263 bits per heavy atom. The lowest BCUT2D eigenvalue weighted by molar-refractivity contribution is 0.670. The molecule has 3 heterocycles. The van der Waals surface area contributed by atoms with Crippen molar-refractivity contribution in [3.05, 3.63) is 291 Å². The molecule has 15 rings (SSSR count). The van der Waals surface area contributed by atoms with Gasteiger partial charge in [0.25, 0.3) is 0 Å². The number of aromatic nitrogens is 2. The topological polar surface area (TPSA) is 23.0 Å². The SMILES string of the molecule is c1ccc(-c2cccc(-c3cccc4oc5c(-c6ccc7c(c6)c6cc([Si](c8ccccc8)(c8ccccc8)c8ccccc8)ccc6n7-c6ccc7c(c6)c6ccccc6n7-c6ccccc6)cccc5c34)c2)cc1. The maximum Gasteiger partial charge on any atom is 0.179 e. The van der Waals surface area contributed by atoms with E-state index in [0.29, 0.717) is 0 Å². The first-order chi connectivity index (χ1) is 37.7. The number of nitrogens with zero attached hydrogens (tertiary/aromatic N) is 2. The summed E-state index contributed by atoms with van der Waals surface area (Å²) in [5, 5.41) is 12.4. The van der Waals surface area contributed by atoms with Crippen LogP contribution in [0, 0.1) is 0 Å². The Kier molecular flexibility index (Phi) is 10.2. The van der Waals surface area contributed by atoms with Gasteiger partial charge in [0.2, 0.25) is 0 Å². The highest BCUT2D eigenvalue weighted by atomic mass is 28.3. The Balaban J connectivity index is 0.982. The van der Waals surface area contributed by atoms with Gasteiger partial charge >= 0.3 is 0 Å². The van der Waals surface area contributed by atoms with E-state index in [4.69, 9.17) is 4.42 Å². The number of hydrogen-bond acceptors (Lipinski definition) is 1. The normalized spacial score (nSPS) is 11.9. The van der Waals surface area contributed by atoms with Crippen LogP contribution < -0.4 is 20.7 Å². The molecule has 0 radical (unpaired) electrons. The minimum absolute atomic E-state index is 0.875. The van der Waals surface area contributed by atoms with Gasteiger partial charge in [0, 0.05) is 49.3 Å². The molecule has 0 saturated carbocycles. The fourth-order valence-electron chi connectivity index (χ4n) is 12.5. The largest absolute Gasteiger partial charge is 0.455 e. The van der Waals surface area contributed by atoms with Gasteiger partial charge in [-0.1, -0.05) is 224 Å². The van der Waals surface area contributed by atoms with Crippen molar-refractivity contribution < 1.29 is 4.42 Å². The number of hydrogen-bond donors (Lipinski definition) is 0. The molecule has 0 unspecified atom stereocenters. The monoisotopic (exact) mass is 984 g/mol. The van der Waals surface area contributed by atoms with Gasteiger partial charge in [0.05, 0.1) is 22.1 Å². The second kappa shape index (κ2) is 17.7. The maximum absolute atomic E-state index is 7.01. The third-order valence-corrected chi connectivity index (χ3v) is 20.6. The number of fused-ring (bicyclic) bond motifs is 9. The molecule has 4 heteroatoms.